The van der Waals surface area contributed by atoms with Crippen LogP contribution in [0.15, 0.2) is 5.03 Å². The maximum Gasteiger partial charge on any atom is 0.251 e. The molecule has 0 aromatic carbocycles. The molecule has 4 rings (SSSR count). The molecule has 144 valence electrons. The summed E-state index contributed by atoms with van der Waals surface area (Å²) in [4.78, 5) is 30.2. The van der Waals surface area contributed by atoms with Gasteiger partial charge in [-0.2, -0.15) is 5.26 Å². The molecule has 0 bridgehead atoms. The molecule has 0 saturated heterocycles. The SMILES string of the molecule is Cc1c(C#N)c(SCC(=O)Nc2sc3c(c2C(N)=O)CCC3)nc2c1CCC2. The molecule has 2 aromatic heterocycles. The Balaban J connectivity index is 1.50. The summed E-state index contributed by atoms with van der Waals surface area (Å²) in [5.41, 5.74) is 10.8. The minimum atomic E-state index is -0.495. The van der Waals surface area contributed by atoms with Gasteiger partial charge in [-0.3, -0.25) is 9.59 Å². The minimum Gasteiger partial charge on any atom is -0.365 e. The summed E-state index contributed by atoms with van der Waals surface area (Å²) in [6, 6.07) is 2.24. The Kier molecular flexibility index (Phi) is 5.13. The third-order valence-corrected chi connectivity index (χ3v) is 7.52. The number of thiophene rings is 1. The number of carbonyl (C=O) groups is 2. The van der Waals surface area contributed by atoms with Crippen LogP contribution in [0.1, 0.15) is 56.0 Å². The number of aryl methyl sites for hydroxylation is 2. The van der Waals surface area contributed by atoms with E-state index >= 15 is 0 Å². The third-order valence-electron chi connectivity index (χ3n) is 5.34. The van der Waals surface area contributed by atoms with Crippen LogP contribution in [0.3, 0.4) is 0 Å². The average Bonchev–Trinajstić information content (AvgIpc) is 3.35. The van der Waals surface area contributed by atoms with Crippen molar-refractivity contribution in [1.29, 1.82) is 5.26 Å². The molecule has 2 aromatic rings. The van der Waals surface area contributed by atoms with Crippen LogP contribution in [0, 0.1) is 18.3 Å². The van der Waals surface area contributed by atoms with Gasteiger partial charge in [0.1, 0.15) is 16.1 Å². The number of nitrogens with two attached hydrogens (primary N) is 1. The number of thioether (sulfide) groups is 1. The summed E-state index contributed by atoms with van der Waals surface area (Å²) in [7, 11) is 0. The van der Waals surface area contributed by atoms with Crippen LogP contribution >= 0.6 is 23.1 Å². The van der Waals surface area contributed by atoms with Gasteiger partial charge in [0.05, 0.1) is 16.9 Å². The molecule has 0 saturated carbocycles. The lowest BCUT2D eigenvalue weighted by molar-refractivity contribution is -0.113. The highest BCUT2D eigenvalue weighted by atomic mass is 32.2. The predicted octanol–water partition coefficient (Wildman–Crippen LogP) is 3.13. The zero-order chi connectivity index (χ0) is 19.8. The summed E-state index contributed by atoms with van der Waals surface area (Å²) in [6.45, 7) is 1.96. The van der Waals surface area contributed by atoms with E-state index in [4.69, 9.17) is 5.73 Å². The lowest BCUT2D eigenvalue weighted by atomic mass is 10.0. The van der Waals surface area contributed by atoms with Gasteiger partial charge in [-0.25, -0.2) is 4.98 Å². The van der Waals surface area contributed by atoms with Gasteiger partial charge in [-0.15, -0.1) is 11.3 Å². The van der Waals surface area contributed by atoms with E-state index in [1.165, 1.54) is 28.7 Å². The number of pyridine rings is 1. The van der Waals surface area contributed by atoms with Gasteiger partial charge in [-0.1, -0.05) is 11.8 Å². The number of nitriles is 1. The van der Waals surface area contributed by atoms with E-state index in [2.05, 4.69) is 16.4 Å². The number of nitrogens with one attached hydrogen (secondary N) is 1. The van der Waals surface area contributed by atoms with Gasteiger partial charge >= 0.3 is 0 Å². The zero-order valence-electron chi connectivity index (χ0n) is 15.6. The van der Waals surface area contributed by atoms with Gasteiger partial charge < -0.3 is 11.1 Å². The first-order chi connectivity index (χ1) is 13.5. The van der Waals surface area contributed by atoms with Crippen molar-refractivity contribution in [3.8, 4) is 6.07 Å². The lowest BCUT2D eigenvalue weighted by Crippen LogP contribution is -2.19. The first-order valence-electron chi connectivity index (χ1n) is 9.29. The first kappa shape index (κ1) is 19.0. The molecular weight excluding hydrogens is 392 g/mol. The molecule has 3 N–H and O–H groups in total. The maximum absolute atomic E-state index is 12.5. The normalized spacial score (nSPS) is 14.4. The van der Waals surface area contributed by atoms with Gasteiger partial charge in [0.25, 0.3) is 5.91 Å². The number of aromatic nitrogens is 1. The zero-order valence-corrected chi connectivity index (χ0v) is 17.2. The van der Waals surface area contributed by atoms with Crippen molar-refractivity contribution in [3.05, 3.63) is 38.4 Å². The Hall–Kier alpha value is -2.37. The Morgan fingerprint density at radius 1 is 1.25 bits per heavy atom. The number of fused-ring (bicyclic) bond motifs is 2. The summed E-state index contributed by atoms with van der Waals surface area (Å²) in [5, 5.41) is 13.5. The van der Waals surface area contributed by atoms with E-state index in [0.717, 1.165) is 60.2 Å². The summed E-state index contributed by atoms with van der Waals surface area (Å²) >= 11 is 2.71. The van der Waals surface area contributed by atoms with Crippen LogP contribution in [0.25, 0.3) is 0 Å². The Bertz CT molecular complexity index is 1040. The van der Waals surface area contributed by atoms with Crippen LogP contribution in [-0.2, 0) is 30.5 Å². The number of nitrogens with zero attached hydrogens (tertiary/aromatic N) is 2. The van der Waals surface area contributed by atoms with Crippen molar-refractivity contribution < 1.29 is 9.59 Å². The number of amides is 2. The molecule has 2 amide bonds. The second kappa shape index (κ2) is 7.57. The Labute approximate surface area is 171 Å². The average molecular weight is 413 g/mol. The van der Waals surface area contributed by atoms with Crippen LogP contribution in [-0.4, -0.2) is 22.6 Å². The Morgan fingerprint density at radius 3 is 2.75 bits per heavy atom. The summed E-state index contributed by atoms with van der Waals surface area (Å²) in [6.07, 6.45) is 5.72. The quantitative estimate of drug-likeness (QED) is 0.734. The molecule has 2 heterocycles. The van der Waals surface area contributed by atoms with Crippen molar-refractivity contribution in [2.24, 2.45) is 5.73 Å². The van der Waals surface area contributed by atoms with E-state index < -0.39 is 5.91 Å². The highest BCUT2D eigenvalue weighted by Gasteiger charge is 2.26. The van der Waals surface area contributed by atoms with E-state index in [0.29, 0.717) is 21.2 Å². The number of hydrogen-bond acceptors (Lipinski definition) is 6. The molecular formula is C20H20N4O2S2. The number of hydrogen-bond donors (Lipinski definition) is 2. The van der Waals surface area contributed by atoms with E-state index in [1.54, 1.807) is 0 Å². The number of rotatable bonds is 5. The fraction of sp³-hybridized carbons (Fsp3) is 0.400. The van der Waals surface area contributed by atoms with Gasteiger partial charge in [0.2, 0.25) is 5.91 Å². The fourth-order valence-corrected chi connectivity index (χ4v) is 6.20. The van der Waals surface area contributed by atoms with Crippen molar-refractivity contribution >= 4 is 39.9 Å². The monoisotopic (exact) mass is 412 g/mol. The predicted molar refractivity (Wildman–Crippen MR) is 110 cm³/mol. The molecule has 8 heteroatoms. The van der Waals surface area contributed by atoms with Crippen molar-refractivity contribution in [2.45, 2.75) is 50.5 Å². The van der Waals surface area contributed by atoms with Gasteiger partial charge in [-0.05, 0) is 62.1 Å². The summed E-state index contributed by atoms with van der Waals surface area (Å²) < 4.78 is 0. The van der Waals surface area contributed by atoms with Crippen LogP contribution in [0.4, 0.5) is 5.00 Å². The second-order valence-electron chi connectivity index (χ2n) is 7.07. The number of carbonyl (C=O) groups excluding carboxylic acids is 2. The van der Waals surface area contributed by atoms with Crippen LogP contribution in [0.2, 0.25) is 0 Å². The number of anilines is 1. The summed E-state index contributed by atoms with van der Waals surface area (Å²) in [5.74, 6) is -0.595. The molecule has 0 fully saturated rings. The molecule has 6 nitrogen and oxygen atoms in total. The highest BCUT2D eigenvalue weighted by molar-refractivity contribution is 8.00. The minimum absolute atomic E-state index is 0.126. The van der Waals surface area contributed by atoms with Crippen molar-refractivity contribution in [2.75, 3.05) is 11.1 Å². The number of primary amides is 1. The lowest BCUT2D eigenvalue weighted by Gasteiger charge is -2.11. The molecule has 0 atom stereocenters. The van der Waals surface area contributed by atoms with Crippen molar-refractivity contribution in [1.82, 2.24) is 4.98 Å². The molecule has 0 aliphatic heterocycles. The maximum atomic E-state index is 12.5. The van der Waals surface area contributed by atoms with E-state index in [1.807, 2.05) is 6.92 Å². The highest BCUT2D eigenvalue weighted by Crippen LogP contribution is 2.39. The largest absolute Gasteiger partial charge is 0.365 e. The molecule has 2 aliphatic carbocycles. The fourth-order valence-electron chi connectivity index (χ4n) is 4.03. The van der Waals surface area contributed by atoms with Gasteiger partial charge in [0.15, 0.2) is 0 Å². The topological polar surface area (TPSA) is 109 Å². The first-order valence-corrected chi connectivity index (χ1v) is 11.1. The van der Waals surface area contributed by atoms with Crippen LogP contribution < -0.4 is 11.1 Å². The molecule has 0 radical (unpaired) electrons. The molecule has 0 spiro atoms. The Morgan fingerprint density at radius 2 is 2.00 bits per heavy atom. The van der Waals surface area contributed by atoms with Crippen molar-refractivity contribution in [3.63, 3.8) is 0 Å². The van der Waals surface area contributed by atoms with E-state index in [9.17, 15) is 14.9 Å². The van der Waals surface area contributed by atoms with Gasteiger partial charge in [0, 0.05) is 10.6 Å². The standard InChI is InChI=1S/C20H20N4O2S2/c1-10-11-4-2-6-14(11)23-19(13(10)8-21)27-9-16(25)24-20-17(18(22)26)12-5-3-7-15(12)28-20/h2-7,9H2,1H3,(H2,22,26)(H,24,25). The smallest absolute Gasteiger partial charge is 0.251 e. The second-order valence-corrected chi connectivity index (χ2v) is 9.14. The molecule has 28 heavy (non-hydrogen) atoms. The molecule has 2 aliphatic rings. The van der Waals surface area contributed by atoms with E-state index in [-0.39, 0.29) is 11.7 Å². The third kappa shape index (κ3) is 3.29. The van der Waals surface area contributed by atoms with Crippen LogP contribution in [0.5, 0.6) is 0 Å². The molecule has 0 unspecified atom stereocenters.